The van der Waals surface area contributed by atoms with Crippen LogP contribution in [0.15, 0.2) is 24.3 Å². The highest BCUT2D eigenvalue weighted by molar-refractivity contribution is 7.11. The number of hydrogen-bond donors (Lipinski definition) is 2. The highest BCUT2D eigenvalue weighted by Crippen LogP contribution is 2.16. The van der Waals surface area contributed by atoms with Crippen LogP contribution in [0.2, 0.25) is 0 Å². The number of hydrogen-bond acceptors (Lipinski definition) is 4. The van der Waals surface area contributed by atoms with E-state index < -0.39 is 0 Å². The Labute approximate surface area is 141 Å². The van der Waals surface area contributed by atoms with Gasteiger partial charge in [0.2, 0.25) is 0 Å². The van der Waals surface area contributed by atoms with E-state index in [9.17, 15) is 4.79 Å². The highest BCUT2D eigenvalue weighted by Gasteiger charge is 2.05. The molecule has 0 saturated heterocycles. The Kier molecular flexibility index (Phi) is 6.40. The normalized spacial score (nSPS) is 10.4. The molecule has 0 aliphatic carbocycles. The van der Waals surface area contributed by atoms with Crippen molar-refractivity contribution in [3.8, 4) is 5.75 Å². The molecule has 6 heteroatoms. The van der Waals surface area contributed by atoms with E-state index in [1.54, 1.807) is 18.4 Å². The number of rotatable bonds is 7. The van der Waals surface area contributed by atoms with Gasteiger partial charge >= 0.3 is 6.03 Å². The first-order chi connectivity index (χ1) is 11.1. The number of aryl methyl sites for hydroxylation is 3. The average molecular weight is 333 g/mol. The number of nitrogens with zero attached hydrogens (tertiary/aromatic N) is 1. The van der Waals surface area contributed by atoms with Crippen molar-refractivity contribution in [2.24, 2.45) is 0 Å². The molecular weight excluding hydrogens is 310 g/mol. The second-order valence-corrected chi connectivity index (χ2v) is 6.60. The minimum Gasteiger partial charge on any atom is -0.497 e. The summed E-state index contributed by atoms with van der Waals surface area (Å²) in [5.41, 5.74) is 2.27. The number of aromatic nitrogens is 1. The molecule has 23 heavy (non-hydrogen) atoms. The maximum Gasteiger partial charge on any atom is 0.315 e. The molecule has 2 N–H and O–H groups in total. The van der Waals surface area contributed by atoms with Gasteiger partial charge in [-0.3, -0.25) is 0 Å². The van der Waals surface area contributed by atoms with Gasteiger partial charge in [0.15, 0.2) is 0 Å². The van der Waals surface area contributed by atoms with Gasteiger partial charge in [0, 0.05) is 11.4 Å². The average Bonchev–Trinajstić information content (AvgIpc) is 2.88. The number of methoxy groups -OCH3 is 1. The Morgan fingerprint density at radius 3 is 2.57 bits per heavy atom. The summed E-state index contributed by atoms with van der Waals surface area (Å²) in [6.45, 7) is 5.14. The quantitative estimate of drug-likeness (QED) is 0.765. The lowest BCUT2D eigenvalue weighted by atomic mass is 10.1. The van der Waals surface area contributed by atoms with Gasteiger partial charge < -0.3 is 15.4 Å². The maximum absolute atomic E-state index is 11.7. The molecule has 0 fully saturated rings. The third-order valence-electron chi connectivity index (χ3n) is 3.56. The summed E-state index contributed by atoms with van der Waals surface area (Å²) in [5, 5.41) is 6.64. The number of urea groups is 1. The van der Waals surface area contributed by atoms with Crippen LogP contribution in [-0.4, -0.2) is 24.7 Å². The van der Waals surface area contributed by atoms with Crippen molar-refractivity contribution < 1.29 is 9.53 Å². The summed E-state index contributed by atoms with van der Waals surface area (Å²) in [4.78, 5) is 17.3. The molecule has 2 aromatic rings. The van der Waals surface area contributed by atoms with Crippen molar-refractivity contribution in [2.45, 2.75) is 33.2 Å². The smallest absolute Gasteiger partial charge is 0.315 e. The van der Waals surface area contributed by atoms with Crippen molar-refractivity contribution in [3.63, 3.8) is 0 Å². The fourth-order valence-corrected chi connectivity index (χ4v) is 2.99. The lowest BCUT2D eigenvalue weighted by Crippen LogP contribution is -2.35. The molecule has 0 radical (unpaired) electrons. The van der Waals surface area contributed by atoms with Gasteiger partial charge in [0.05, 0.1) is 19.3 Å². The monoisotopic (exact) mass is 333 g/mol. The van der Waals surface area contributed by atoms with Crippen molar-refractivity contribution in [1.82, 2.24) is 15.6 Å². The molecule has 124 valence electrons. The van der Waals surface area contributed by atoms with Gasteiger partial charge in [-0.2, -0.15) is 0 Å². The summed E-state index contributed by atoms with van der Waals surface area (Å²) in [7, 11) is 1.66. The number of amides is 2. The number of carbonyl (C=O) groups excluding carboxylic acids is 1. The molecule has 5 nitrogen and oxygen atoms in total. The van der Waals surface area contributed by atoms with Crippen molar-refractivity contribution in [3.05, 3.63) is 45.4 Å². The Morgan fingerprint density at radius 1 is 1.22 bits per heavy atom. The third kappa shape index (κ3) is 5.56. The van der Waals surface area contributed by atoms with Gasteiger partial charge in [-0.25, -0.2) is 9.78 Å². The number of ether oxygens (including phenoxy) is 1. The van der Waals surface area contributed by atoms with Crippen LogP contribution in [0.5, 0.6) is 5.75 Å². The van der Waals surface area contributed by atoms with Crippen molar-refractivity contribution >= 4 is 17.4 Å². The topological polar surface area (TPSA) is 63.2 Å². The zero-order chi connectivity index (χ0) is 16.7. The summed E-state index contributed by atoms with van der Waals surface area (Å²) in [6, 6.07) is 7.85. The number of nitrogens with one attached hydrogen (secondary N) is 2. The molecule has 0 atom stereocenters. The molecule has 0 saturated carbocycles. The molecule has 0 aliphatic rings. The molecule has 0 spiro atoms. The van der Waals surface area contributed by atoms with Crippen LogP contribution in [0.1, 0.15) is 27.6 Å². The van der Waals surface area contributed by atoms with Crippen molar-refractivity contribution in [1.29, 1.82) is 0 Å². The first kappa shape index (κ1) is 17.3. The minimum absolute atomic E-state index is 0.148. The fraction of sp³-hybridized carbons (Fsp3) is 0.412. The molecular formula is C17H23N3O2S. The zero-order valence-electron chi connectivity index (χ0n) is 13.8. The number of benzene rings is 1. The predicted molar refractivity (Wildman–Crippen MR) is 93.1 cm³/mol. The molecule has 1 aromatic carbocycles. The van der Waals surface area contributed by atoms with Gasteiger partial charge in [-0.05, 0) is 44.4 Å². The molecule has 2 rings (SSSR count). The van der Waals surface area contributed by atoms with E-state index in [0.717, 1.165) is 29.3 Å². The molecule has 1 aromatic heterocycles. The lowest BCUT2D eigenvalue weighted by molar-refractivity contribution is 0.240. The second-order valence-electron chi connectivity index (χ2n) is 5.31. The van der Waals surface area contributed by atoms with E-state index in [1.165, 1.54) is 10.4 Å². The van der Waals surface area contributed by atoms with Gasteiger partial charge in [-0.15, -0.1) is 11.3 Å². The lowest BCUT2D eigenvalue weighted by Gasteiger charge is -2.07. The Morgan fingerprint density at radius 2 is 1.96 bits per heavy atom. The Balaban J connectivity index is 1.62. The van der Waals surface area contributed by atoms with Crippen LogP contribution in [0, 0.1) is 13.8 Å². The van der Waals surface area contributed by atoms with Crippen LogP contribution in [0.4, 0.5) is 4.79 Å². The molecule has 2 amide bonds. The van der Waals surface area contributed by atoms with E-state index >= 15 is 0 Å². The van der Waals surface area contributed by atoms with Gasteiger partial charge in [0.25, 0.3) is 0 Å². The first-order valence-electron chi connectivity index (χ1n) is 7.66. The van der Waals surface area contributed by atoms with Crippen molar-refractivity contribution in [2.75, 3.05) is 13.7 Å². The number of thiazole rings is 1. The Bertz CT molecular complexity index is 618. The summed E-state index contributed by atoms with van der Waals surface area (Å²) >= 11 is 1.62. The van der Waals surface area contributed by atoms with Crippen LogP contribution in [0.3, 0.4) is 0 Å². The van der Waals surface area contributed by atoms with Crippen LogP contribution < -0.4 is 15.4 Å². The summed E-state index contributed by atoms with van der Waals surface area (Å²) in [5.74, 6) is 0.860. The van der Waals surface area contributed by atoms with Crippen LogP contribution >= 0.6 is 11.3 Å². The van der Waals surface area contributed by atoms with E-state index in [-0.39, 0.29) is 6.03 Å². The first-order valence-corrected chi connectivity index (χ1v) is 8.47. The van der Waals surface area contributed by atoms with E-state index in [2.05, 4.69) is 15.6 Å². The highest BCUT2D eigenvalue weighted by atomic mass is 32.1. The van der Waals surface area contributed by atoms with E-state index in [1.807, 2.05) is 38.1 Å². The minimum atomic E-state index is -0.148. The molecule has 0 unspecified atom stereocenters. The predicted octanol–water partition coefficient (Wildman–Crippen LogP) is 3.20. The summed E-state index contributed by atoms with van der Waals surface area (Å²) in [6.07, 6.45) is 1.82. The standard InChI is InChI=1S/C17H23N3O2S/c1-12-13(2)23-16(20-12)11-19-17(21)18-10-4-5-14-6-8-15(22-3)9-7-14/h6-9H,4-5,10-11H2,1-3H3,(H2,18,19,21). The second kappa shape index (κ2) is 8.53. The Hall–Kier alpha value is -2.08. The van der Waals surface area contributed by atoms with Gasteiger partial charge in [-0.1, -0.05) is 12.1 Å². The van der Waals surface area contributed by atoms with E-state index in [4.69, 9.17) is 4.74 Å². The maximum atomic E-state index is 11.7. The third-order valence-corrected chi connectivity index (χ3v) is 4.63. The van der Waals surface area contributed by atoms with Gasteiger partial charge in [0.1, 0.15) is 10.8 Å². The van der Waals surface area contributed by atoms with Crippen LogP contribution in [-0.2, 0) is 13.0 Å². The molecule has 1 heterocycles. The summed E-state index contributed by atoms with van der Waals surface area (Å²) < 4.78 is 5.13. The van der Waals surface area contributed by atoms with Crippen LogP contribution in [0.25, 0.3) is 0 Å². The largest absolute Gasteiger partial charge is 0.497 e. The van der Waals surface area contributed by atoms with E-state index in [0.29, 0.717) is 13.1 Å². The fourth-order valence-electron chi connectivity index (χ4n) is 2.12. The zero-order valence-corrected chi connectivity index (χ0v) is 14.6. The SMILES string of the molecule is COc1ccc(CCCNC(=O)NCc2nc(C)c(C)s2)cc1. The molecule has 0 bridgehead atoms. The number of carbonyl (C=O) groups is 1. The molecule has 0 aliphatic heterocycles.